The van der Waals surface area contributed by atoms with E-state index >= 15 is 0 Å². The van der Waals surface area contributed by atoms with E-state index in [2.05, 4.69) is 24.0 Å². The Morgan fingerprint density at radius 1 is 1.03 bits per heavy atom. The van der Waals surface area contributed by atoms with E-state index in [1.165, 1.54) is 13.8 Å². The molecular formula is C17H34N2O12P2S. The first-order valence-corrected chi connectivity index (χ1v) is 14.2. The number of amides is 2. The highest BCUT2D eigenvalue weighted by Crippen LogP contribution is 2.60. The van der Waals surface area contributed by atoms with Crippen LogP contribution in [-0.2, 0) is 36.9 Å². The molecule has 0 aromatic rings. The maximum absolute atomic E-state index is 12.1. The average Bonchev–Trinajstić information content (AvgIpc) is 2.74. The van der Waals surface area contributed by atoms with E-state index < -0.39 is 39.7 Å². The number of thioether (sulfide) groups is 1. The molecule has 17 heteroatoms. The zero-order valence-electron chi connectivity index (χ0n) is 19.3. The van der Waals surface area contributed by atoms with Gasteiger partial charge in [-0.05, 0) is 12.8 Å². The van der Waals surface area contributed by atoms with E-state index in [9.17, 15) is 33.5 Å². The van der Waals surface area contributed by atoms with E-state index in [0.29, 0.717) is 25.0 Å². The standard InChI is InChI=1S/C17H34N2O12P2S/c1-17(2,12-30-33(27,28)31-32(25,26)29-3)15(23)16(24)19-8-7-13(21)18-9-11-34-14(22)6-4-5-10-20/h15,20,23H,4-12H2,1-3H3,(H,18,21)(H,19,24)(H,25,26)(H,27,28). The minimum atomic E-state index is -5.03. The Kier molecular flexibility index (Phi) is 15.6. The van der Waals surface area contributed by atoms with Crippen molar-refractivity contribution in [3.05, 3.63) is 0 Å². The largest absolute Gasteiger partial charge is 0.481 e. The van der Waals surface area contributed by atoms with E-state index in [4.69, 9.17) is 10.00 Å². The van der Waals surface area contributed by atoms with Gasteiger partial charge in [0, 0.05) is 50.8 Å². The molecule has 6 N–H and O–H groups in total. The number of aliphatic hydroxyl groups excluding tert-OH is 2. The molecule has 2 amide bonds. The Bertz CT molecular complexity index is 767. The summed E-state index contributed by atoms with van der Waals surface area (Å²) < 4.78 is 35.5. The van der Waals surface area contributed by atoms with Gasteiger partial charge < -0.3 is 30.6 Å². The summed E-state index contributed by atoms with van der Waals surface area (Å²) in [5.41, 5.74) is -1.42. The number of aliphatic hydroxyl groups is 2. The Hall–Kier alpha value is -0.860. The number of carbonyl (C=O) groups excluding carboxylic acids is 3. The van der Waals surface area contributed by atoms with Crippen molar-refractivity contribution in [1.82, 2.24) is 10.6 Å². The van der Waals surface area contributed by atoms with Gasteiger partial charge in [-0.1, -0.05) is 25.6 Å². The van der Waals surface area contributed by atoms with E-state index in [1.807, 2.05) is 0 Å². The molecule has 3 unspecified atom stereocenters. The highest BCUT2D eigenvalue weighted by Gasteiger charge is 2.39. The lowest BCUT2D eigenvalue weighted by Crippen LogP contribution is -2.46. The zero-order valence-corrected chi connectivity index (χ0v) is 21.9. The molecule has 14 nitrogen and oxygen atoms in total. The molecule has 0 spiro atoms. The molecule has 0 rings (SSSR count). The quantitative estimate of drug-likeness (QED) is 0.0997. The average molecular weight is 552 g/mol. The fraction of sp³-hybridized carbons (Fsp3) is 0.824. The van der Waals surface area contributed by atoms with E-state index in [-0.39, 0.29) is 37.1 Å². The van der Waals surface area contributed by atoms with Gasteiger partial charge in [-0.2, -0.15) is 4.31 Å². The molecule has 0 saturated carbocycles. The number of phosphoric ester groups is 2. The third kappa shape index (κ3) is 15.2. The van der Waals surface area contributed by atoms with Gasteiger partial charge in [0.15, 0.2) is 5.12 Å². The first kappa shape index (κ1) is 33.1. The third-order valence-corrected chi connectivity index (χ3v) is 7.66. The van der Waals surface area contributed by atoms with Crippen LogP contribution in [0.4, 0.5) is 0 Å². The SMILES string of the molecule is COP(=O)(O)OP(=O)(O)OCC(C)(C)C(O)C(=O)NCCC(=O)NCCSC(=O)CCCCO. The molecule has 0 radical (unpaired) electrons. The molecule has 0 saturated heterocycles. The number of unbranched alkanes of at least 4 members (excludes halogenated alkanes) is 1. The molecule has 0 heterocycles. The molecule has 0 aromatic heterocycles. The monoisotopic (exact) mass is 552 g/mol. The van der Waals surface area contributed by atoms with Crippen LogP contribution in [0.3, 0.4) is 0 Å². The molecule has 0 aromatic carbocycles. The summed E-state index contributed by atoms with van der Waals surface area (Å²) >= 11 is 1.08. The number of phosphoric acid groups is 2. The van der Waals surface area contributed by atoms with E-state index in [0.717, 1.165) is 18.9 Å². The second-order valence-corrected chi connectivity index (χ2v) is 12.0. The predicted octanol–water partition coefficient (Wildman–Crippen LogP) is 0.299. The summed E-state index contributed by atoms with van der Waals surface area (Å²) in [6.07, 6.45) is -0.284. The summed E-state index contributed by atoms with van der Waals surface area (Å²) in [7, 11) is -9.06. The molecule has 0 aliphatic heterocycles. The summed E-state index contributed by atoms with van der Waals surface area (Å²) in [5, 5.41) is 23.8. The minimum absolute atomic E-state index is 0.0243. The van der Waals surface area contributed by atoms with Crippen molar-refractivity contribution in [2.24, 2.45) is 5.41 Å². The van der Waals surface area contributed by atoms with Crippen molar-refractivity contribution in [3.63, 3.8) is 0 Å². The van der Waals surface area contributed by atoms with Crippen molar-refractivity contribution in [1.29, 1.82) is 0 Å². The summed E-state index contributed by atoms with van der Waals surface area (Å²) in [6.45, 7) is 2.16. The molecule has 3 atom stereocenters. The van der Waals surface area contributed by atoms with Crippen molar-refractivity contribution in [2.75, 3.05) is 39.2 Å². The van der Waals surface area contributed by atoms with Crippen LogP contribution in [0.15, 0.2) is 0 Å². The number of hydrogen-bond acceptors (Lipinski definition) is 11. The number of nitrogens with one attached hydrogen (secondary N) is 2. The topological polar surface area (TPSA) is 218 Å². The van der Waals surface area contributed by atoms with Crippen molar-refractivity contribution in [3.8, 4) is 0 Å². The molecule has 0 bridgehead atoms. The molecule has 0 aliphatic rings. The van der Waals surface area contributed by atoms with Crippen LogP contribution < -0.4 is 10.6 Å². The second-order valence-electron chi connectivity index (χ2n) is 7.66. The van der Waals surface area contributed by atoms with Gasteiger partial charge in [0.2, 0.25) is 11.8 Å². The van der Waals surface area contributed by atoms with Crippen molar-refractivity contribution in [2.45, 2.75) is 45.6 Å². The fourth-order valence-electron chi connectivity index (χ4n) is 2.16. The normalized spacial score (nSPS) is 16.2. The lowest BCUT2D eigenvalue weighted by atomic mass is 9.87. The van der Waals surface area contributed by atoms with Gasteiger partial charge in [-0.25, -0.2) is 9.13 Å². The Morgan fingerprint density at radius 2 is 1.68 bits per heavy atom. The number of carbonyl (C=O) groups is 3. The number of hydrogen-bond donors (Lipinski definition) is 6. The first-order chi connectivity index (χ1) is 15.7. The van der Waals surface area contributed by atoms with Gasteiger partial charge in [0.05, 0.1) is 6.61 Å². The lowest BCUT2D eigenvalue weighted by Gasteiger charge is -2.29. The van der Waals surface area contributed by atoms with Gasteiger partial charge in [-0.3, -0.25) is 23.4 Å². The van der Waals surface area contributed by atoms with Crippen LogP contribution in [0.2, 0.25) is 0 Å². The van der Waals surface area contributed by atoms with Gasteiger partial charge in [0.25, 0.3) is 0 Å². The molecule has 0 fully saturated rings. The minimum Gasteiger partial charge on any atom is -0.396 e. The molecular weight excluding hydrogens is 518 g/mol. The highest BCUT2D eigenvalue weighted by atomic mass is 32.2. The maximum atomic E-state index is 12.1. The van der Waals surface area contributed by atoms with Crippen molar-refractivity contribution < 1.29 is 56.9 Å². The van der Waals surface area contributed by atoms with Crippen molar-refractivity contribution >= 4 is 44.3 Å². The fourth-order valence-corrected chi connectivity index (χ4v) is 4.88. The van der Waals surface area contributed by atoms with Gasteiger partial charge in [0.1, 0.15) is 6.10 Å². The number of rotatable bonds is 18. The van der Waals surface area contributed by atoms with E-state index in [1.54, 1.807) is 0 Å². The van der Waals surface area contributed by atoms with Crippen LogP contribution in [-0.4, -0.2) is 82.2 Å². The summed E-state index contributed by atoms with van der Waals surface area (Å²) in [5.74, 6) is -0.864. The Labute approximate surface area is 202 Å². The van der Waals surface area contributed by atoms with Gasteiger partial charge >= 0.3 is 15.6 Å². The zero-order chi connectivity index (χ0) is 26.4. The second kappa shape index (κ2) is 16.0. The smallest absolute Gasteiger partial charge is 0.396 e. The first-order valence-electron chi connectivity index (χ1n) is 10.2. The lowest BCUT2D eigenvalue weighted by molar-refractivity contribution is -0.137. The van der Waals surface area contributed by atoms with Crippen LogP contribution >= 0.6 is 27.4 Å². The van der Waals surface area contributed by atoms with Crippen LogP contribution in [0.1, 0.15) is 39.5 Å². The summed E-state index contributed by atoms with van der Waals surface area (Å²) in [6, 6.07) is 0. The predicted molar refractivity (Wildman–Crippen MR) is 123 cm³/mol. The Balaban J connectivity index is 4.28. The molecule has 200 valence electrons. The van der Waals surface area contributed by atoms with Crippen LogP contribution in [0, 0.1) is 5.41 Å². The highest BCUT2D eigenvalue weighted by molar-refractivity contribution is 8.13. The van der Waals surface area contributed by atoms with Crippen LogP contribution in [0.5, 0.6) is 0 Å². The molecule has 0 aliphatic carbocycles. The maximum Gasteiger partial charge on any atom is 0.481 e. The molecule has 34 heavy (non-hydrogen) atoms. The summed E-state index contributed by atoms with van der Waals surface area (Å²) in [4.78, 5) is 54.1. The Morgan fingerprint density at radius 3 is 2.26 bits per heavy atom. The van der Waals surface area contributed by atoms with Gasteiger partial charge in [-0.15, -0.1) is 0 Å². The van der Waals surface area contributed by atoms with Crippen LogP contribution in [0.25, 0.3) is 0 Å². The third-order valence-electron chi connectivity index (χ3n) is 4.15.